The molecule has 0 saturated carbocycles. The molecule has 1 aliphatic heterocycles. The summed E-state index contributed by atoms with van der Waals surface area (Å²) in [5.41, 5.74) is 0.480. The minimum atomic E-state index is -0.551. The van der Waals surface area contributed by atoms with Gasteiger partial charge in [-0.15, -0.1) is 0 Å². The van der Waals surface area contributed by atoms with E-state index in [0.717, 1.165) is 32.1 Å². The number of benzene rings is 1. The first-order valence-electron chi connectivity index (χ1n) is 6.60. The molecular formula is C14H19BrF2N2. The van der Waals surface area contributed by atoms with Crippen molar-refractivity contribution in [2.24, 2.45) is 5.92 Å². The lowest BCUT2D eigenvalue weighted by Gasteiger charge is -2.21. The molecule has 1 unspecified atom stereocenters. The Balaban J connectivity index is 2.05. The van der Waals surface area contributed by atoms with E-state index in [9.17, 15) is 8.78 Å². The number of halogens is 3. The van der Waals surface area contributed by atoms with Crippen molar-refractivity contribution in [3.63, 3.8) is 0 Å². The Morgan fingerprint density at radius 2 is 2.16 bits per heavy atom. The Morgan fingerprint density at radius 1 is 1.42 bits per heavy atom. The molecule has 0 aromatic heterocycles. The molecule has 2 nitrogen and oxygen atoms in total. The Morgan fingerprint density at radius 3 is 2.79 bits per heavy atom. The topological polar surface area (TPSA) is 15.3 Å². The first-order valence-corrected chi connectivity index (χ1v) is 7.39. The molecule has 0 spiro atoms. The van der Waals surface area contributed by atoms with Gasteiger partial charge < -0.3 is 10.2 Å². The summed E-state index contributed by atoms with van der Waals surface area (Å²) in [6.45, 7) is 6.78. The second kappa shape index (κ2) is 6.18. The summed E-state index contributed by atoms with van der Waals surface area (Å²) in [7, 11) is 0. The first-order chi connectivity index (χ1) is 8.97. The molecule has 1 fully saturated rings. The van der Waals surface area contributed by atoms with Gasteiger partial charge in [0.15, 0.2) is 5.82 Å². The Hall–Kier alpha value is -0.680. The Kier molecular flexibility index (Phi) is 4.79. The number of nitrogens with one attached hydrogen (secondary N) is 1. The normalized spacial score (nSPS) is 19.5. The van der Waals surface area contributed by atoms with Crippen LogP contribution in [0.2, 0.25) is 0 Å². The highest BCUT2D eigenvalue weighted by molar-refractivity contribution is 9.10. The van der Waals surface area contributed by atoms with Crippen molar-refractivity contribution in [2.45, 2.75) is 26.3 Å². The quantitative estimate of drug-likeness (QED) is 0.907. The molecule has 1 aromatic carbocycles. The third-order valence-electron chi connectivity index (χ3n) is 3.40. The average Bonchev–Trinajstić information content (AvgIpc) is 2.73. The highest BCUT2D eigenvalue weighted by atomic mass is 79.9. The minimum Gasteiger partial charge on any atom is -0.368 e. The van der Waals surface area contributed by atoms with Crippen LogP contribution in [0.1, 0.15) is 20.3 Å². The molecule has 19 heavy (non-hydrogen) atoms. The SMILES string of the molecule is CC(C)NCC1CCN(c2c(F)cc(F)cc2Br)C1. The van der Waals surface area contributed by atoms with E-state index in [1.807, 2.05) is 4.90 Å². The lowest BCUT2D eigenvalue weighted by atomic mass is 10.1. The minimum absolute atomic E-state index is 0.461. The van der Waals surface area contributed by atoms with Crippen LogP contribution in [0.3, 0.4) is 0 Å². The maximum Gasteiger partial charge on any atom is 0.150 e. The Labute approximate surface area is 121 Å². The van der Waals surface area contributed by atoms with E-state index in [1.165, 1.54) is 6.07 Å². The van der Waals surface area contributed by atoms with Crippen molar-refractivity contribution in [3.05, 3.63) is 28.2 Å². The van der Waals surface area contributed by atoms with Crippen molar-refractivity contribution >= 4 is 21.6 Å². The molecule has 1 heterocycles. The van der Waals surface area contributed by atoms with Gasteiger partial charge in [-0.3, -0.25) is 0 Å². The fraction of sp³-hybridized carbons (Fsp3) is 0.571. The van der Waals surface area contributed by atoms with Crippen LogP contribution < -0.4 is 10.2 Å². The maximum absolute atomic E-state index is 13.9. The molecule has 0 amide bonds. The Bertz CT molecular complexity index is 428. The van der Waals surface area contributed by atoms with E-state index >= 15 is 0 Å². The summed E-state index contributed by atoms with van der Waals surface area (Å²) >= 11 is 3.25. The van der Waals surface area contributed by atoms with Gasteiger partial charge in [-0.2, -0.15) is 0 Å². The summed E-state index contributed by atoms with van der Waals surface area (Å²) in [6, 6.07) is 2.72. The monoisotopic (exact) mass is 332 g/mol. The van der Waals surface area contributed by atoms with E-state index in [2.05, 4.69) is 35.1 Å². The zero-order valence-electron chi connectivity index (χ0n) is 11.2. The molecule has 5 heteroatoms. The summed E-state index contributed by atoms with van der Waals surface area (Å²) in [5, 5.41) is 3.41. The molecule has 1 saturated heterocycles. The third kappa shape index (κ3) is 3.66. The van der Waals surface area contributed by atoms with Crippen molar-refractivity contribution in [1.82, 2.24) is 5.32 Å². The zero-order chi connectivity index (χ0) is 14.0. The van der Waals surface area contributed by atoms with Crippen LogP contribution in [0.15, 0.2) is 16.6 Å². The van der Waals surface area contributed by atoms with Gasteiger partial charge in [0.05, 0.1) is 5.69 Å². The molecule has 0 aliphatic carbocycles. The van der Waals surface area contributed by atoms with Crippen LogP contribution in [-0.2, 0) is 0 Å². The number of hydrogen-bond acceptors (Lipinski definition) is 2. The van der Waals surface area contributed by atoms with Crippen LogP contribution in [0.5, 0.6) is 0 Å². The lowest BCUT2D eigenvalue weighted by Crippen LogP contribution is -2.31. The largest absolute Gasteiger partial charge is 0.368 e. The first kappa shape index (κ1) is 14.7. The summed E-state index contributed by atoms with van der Waals surface area (Å²) in [5.74, 6) is -0.534. The van der Waals surface area contributed by atoms with E-state index in [0.29, 0.717) is 22.1 Å². The summed E-state index contributed by atoms with van der Waals surface area (Å²) in [6.07, 6.45) is 1.03. The van der Waals surface area contributed by atoms with E-state index in [4.69, 9.17) is 0 Å². The van der Waals surface area contributed by atoms with Gasteiger partial charge in [0.2, 0.25) is 0 Å². The second-order valence-corrected chi connectivity index (χ2v) is 6.24. The van der Waals surface area contributed by atoms with Gasteiger partial charge in [-0.1, -0.05) is 13.8 Å². The van der Waals surface area contributed by atoms with Gasteiger partial charge in [-0.05, 0) is 40.9 Å². The number of rotatable bonds is 4. The highest BCUT2D eigenvalue weighted by Gasteiger charge is 2.26. The molecule has 0 radical (unpaired) electrons. The number of hydrogen-bond donors (Lipinski definition) is 1. The predicted octanol–water partition coefficient (Wildman–Crippen LogP) is 3.55. The maximum atomic E-state index is 13.9. The van der Waals surface area contributed by atoms with Crippen LogP contribution in [0.25, 0.3) is 0 Å². The molecule has 0 bridgehead atoms. The van der Waals surface area contributed by atoms with Crippen molar-refractivity contribution in [3.8, 4) is 0 Å². The molecule has 106 valence electrons. The van der Waals surface area contributed by atoms with Crippen LogP contribution in [0.4, 0.5) is 14.5 Å². The van der Waals surface area contributed by atoms with Crippen molar-refractivity contribution < 1.29 is 8.78 Å². The predicted molar refractivity (Wildman–Crippen MR) is 77.5 cm³/mol. The highest BCUT2D eigenvalue weighted by Crippen LogP contribution is 2.33. The fourth-order valence-corrected chi connectivity index (χ4v) is 3.10. The summed E-state index contributed by atoms with van der Waals surface area (Å²) in [4.78, 5) is 1.99. The standard InChI is InChI=1S/C14H19BrF2N2/c1-9(2)18-7-10-3-4-19(8-10)14-12(15)5-11(16)6-13(14)17/h5-6,9-10,18H,3-4,7-8H2,1-2H3. The van der Waals surface area contributed by atoms with Gasteiger partial charge in [0.25, 0.3) is 0 Å². The van der Waals surface area contributed by atoms with Gasteiger partial charge in [0.1, 0.15) is 5.82 Å². The van der Waals surface area contributed by atoms with Crippen LogP contribution >= 0.6 is 15.9 Å². The zero-order valence-corrected chi connectivity index (χ0v) is 12.8. The molecule has 1 N–H and O–H groups in total. The number of anilines is 1. The van der Waals surface area contributed by atoms with Crippen molar-refractivity contribution in [1.29, 1.82) is 0 Å². The second-order valence-electron chi connectivity index (χ2n) is 5.38. The van der Waals surface area contributed by atoms with Crippen LogP contribution in [-0.4, -0.2) is 25.7 Å². The average molecular weight is 333 g/mol. The molecule has 1 aromatic rings. The van der Waals surface area contributed by atoms with Crippen LogP contribution in [0, 0.1) is 17.6 Å². The lowest BCUT2D eigenvalue weighted by molar-refractivity contribution is 0.479. The van der Waals surface area contributed by atoms with Gasteiger partial charge in [0, 0.05) is 29.7 Å². The third-order valence-corrected chi connectivity index (χ3v) is 4.00. The summed E-state index contributed by atoms with van der Waals surface area (Å²) < 4.78 is 27.4. The van der Waals surface area contributed by atoms with E-state index in [-0.39, 0.29) is 0 Å². The molecule has 1 atom stereocenters. The fourth-order valence-electron chi connectivity index (χ4n) is 2.44. The molecular weight excluding hydrogens is 314 g/mol. The molecule has 2 rings (SSSR count). The molecule has 1 aliphatic rings. The van der Waals surface area contributed by atoms with Gasteiger partial charge in [-0.25, -0.2) is 8.78 Å². The smallest absolute Gasteiger partial charge is 0.150 e. The van der Waals surface area contributed by atoms with E-state index in [1.54, 1.807) is 0 Å². The van der Waals surface area contributed by atoms with E-state index < -0.39 is 11.6 Å². The van der Waals surface area contributed by atoms with Crippen molar-refractivity contribution in [2.75, 3.05) is 24.5 Å². The van der Waals surface area contributed by atoms with Gasteiger partial charge >= 0.3 is 0 Å². The number of nitrogens with zero attached hydrogens (tertiary/aromatic N) is 1.